The standard InChI is InChI=1S/C13H23N5/c14-13-4-7-18(15-13)6-1-5-16-8-10-17(11-9-16)12-2-3-12/h4,7,12H,1-3,5-6,8-11H2,(H2,14,15). The molecule has 1 aromatic heterocycles. The first-order chi connectivity index (χ1) is 8.81. The van der Waals surface area contributed by atoms with E-state index in [-0.39, 0.29) is 0 Å². The number of rotatable bonds is 5. The number of aryl methyl sites for hydroxylation is 1. The first kappa shape index (κ1) is 12.0. The van der Waals surface area contributed by atoms with E-state index in [1.807, 2.05) is 16.9 Å². The van der Waals surface area contributed by atoms with Gasteiger partial charge in [-0.05, 0) is 31.9 Å². The summed E-state index contributed by atoms with van der Waals surface area (Å²) in [4.78, 5) is 5.23. The van der Waals surface area contributed by atoms with Gasteiger partial charge in [-0.25, -0.2) is 0 Å². The summed E-state index contributed by atoms with van der Waals surface area (Å²) in [5.41, 5.74) is 5.59. The Kier molecular flexibility index (Phi) is 3.52. The molecule has 1 aliphatic heterocycles. The quantitative estimate of drug-likeness (QED) is 0.832. The molecule has 2 aliphatic rings. The highest BCUT2D eigenvalue weighted by Gasteiger charge is 2.30. The van der Waals surface area contributed by atoms with Gasteiger partial charge < -0.3 is 10.6 Å². The van der Waals surface area contributed by atoms with Crippen LogP contribution < -0.4 is 5.73 Å². The smallest absolute Gasteiger partial charge is 0.145 e. The Morgan fingerprint density at radius 1 is 1.17 bits per heavy atom. The van der Waals surface area contributed by atoms with Gasteiger partial charge in [-0.1, -0.05) is 0 Å². The summed E-state index contributed by atoms with van der Waals surface area (Å²) in [5.74, 6) is 0.619. The number of hydrogen-bond acceptors (Lipinski definition) is 4. The van der Waals surface area contributed by atoms with Gasteiger partial charge in [-0.3, -0.25) is 9.58 Å². The largest absolute Gasteiger partial charge is 0.382 e. The SMILES string of the molecule is Nc1ccn(CCCN2CCN(C3CC3)CC2)n1. The zero-order chi connectivity index (χ0) is 12.4. The van der Waals surface area contributed by atoms with E-state index < -0.39 is 0 Å². The third-order valence-electron chi connectivity index (χ3n) is 3.99. The lowest BCUT2D eigenvalue weighted by Crippen LogP contribution is -2.47. The molecule has 0 unspecified atom stereocenters. The predicted octanol–water partition coefficient (Wildman–Crippen LogP) is 0.635. The summed E-state index contributed by atoms with van der Waals surface area (Å²) >= 11 is 0. The predicted molar refractivity (Wildman–Crippen MR) is 72.3 cm³/mol. The number of nitrogens with two attached hydrogens (primary N) is 1. The molecule has 1 saturated carbocycles. The van der Waals surface area contributed by atoms with E-state index in [0.717, 1.165) is 19.0 Å². The van der Waals surface area contributed by atoms with Gasteiger partial charge in [0.2, 0.25) is 0 Å². The van der Waals surface area contributed by atoms with Crippen LogP contribution in [0.1, 0.15) is 19.3 Å². The summed E-state index contributed by atoms with van der Waals surface area (Å²) in [6.07, 6.45) is 5.98. The molecule has 2 N–H and O–H groups in total. The molecule has 0 bridgehead atoms. The Bertz CT molecular complexity index is 376. The Balaban J connectivity index is 1.34. The number of hydrogen-bond donors (Lipinski definition) is 1. The van der Waals surface area contributed by atoms with Gasteiger partial charge in [0, 0.05) is 45.0 Å². The van der Waals surface area contributed by atoms with E-state index in [0.29, 0.717) is 5.82 Å². The van der Waals surface area contributed by atoms with Crippen LogP contribution in [0.25, 0.3) is 0 Å². The minimum atomic E-state index is 0.619. The van der Waals surface area contributed by atoms with Crippen LogP contribution >= 0.6 is 0 Å². The zero-order valence-corrected chi connectivity index (χ0v) is 11.0. The summed E-state index contributed by atoms with van der Waals surface area (Å²) in [5, 5.41) is 4.20. The molecule has 100 valence electrons. The molecule has 5 nitrogen and oxygen atoms in total. The topological polar surface area (TPSA) is 50.3 Å². The molecule has 0 amide bonds. The first-order valence-electron chi connectivity index (χ1n) is 7.06. The highest BCUT2D eigenvalue weighted by molar-refractivity contribution is 5.23. The Hall–Kier alpha value is -1.07. The van der Waals surface area contributed by atoms with Crippen LogP contribution in [0.2, 0.25) is 0 Å². The highest BCUT2D eigenvalue weighted by Crippen LogP contribution is 2.27. The van der Waals surface area contributed by atoms with Crippen molar-refractivity contribution in [2.24, 2.45) is 0 Å². The Labute approximate surface area is 109 Å². The molecule has 1 aliphatic carbocycles. The van der Waals surface area contributed by atoms with Gasteiger partial charge >= 0.3 is 0 Å². The minimum Gasteiger partial charge on any atom is -0.382 e. The van der Waals surface area contributed by atoms with E-state index in [2.05, 4.69) is 14.9 Å². The average Bonchev–Trinajstić information content (AvgIpc) is 3.15. The maximum Gasteiger partial charge on any atom is 0.145 e. The van der Waals surface area contributed by atoms with E-state index in [9.17, 15) is 0 Å². The fraction of sp³-hybridized carbons (Fsp3) is 0.769. The van der Waals surface area contributed by atoms with Gasteiger partial charge in [0.05, 0.1) is 0 Å². The van der Waals surface area contributed by atoms with Gasteiger partial charge in [0.1, 0.15) is 5.82 Å². The number of nitrogens with zero attached hydrogens (tertiary/aromatic N) is 4. The molecule has 0 atom stereocenters. The van der Waals surface area contributed by atoms with Gasteiger partial charge in [0.25, 0.3) is 0 Å². The summed E-state index contributed by atoms with van der Waals surface area (Å²) in [7, 11) is 0. The fourth-order valence-electron chi connectivity index (χ4n) is 2.75. The maximum absolute atomic E-state index is 5.59. The molecule has 1 saturated heterocycles. The summed E-state index contributed by atoms with van der Waals surface area (Å²) in [6.45, 7) is 7.15. The van der Waals surface area contributed by atoms with Crippen LogP contribution in [0.3, 0.4) is 0 Å². The summed E-state index contributed by atoms with van der Waals surface area (Å²) < 4.78 is 1.94. The van der Waals surface area contributed by atoms with Crippen LogP contribution in [0.5, 0.6) is 0 Å². The van der Waals surface area contributed by atoms with Crippen molar-refractivity contribution in [1.82, 2.24) is 19.6 Å². The van der Waals surface area contributed by atoms with E-state index in [1.165, 1.54) is 45.6 Å². The van der Waals surface area contributed by atoms with Crippen LogP contribution in [0, 0.1) is 0 Å². The van der Waals surface area contributed by atoms with Crippen LogP contribution in [-0.2, 0) is 6.54 Å². The molecule has 5 heteroatoms. The monoisotopic (exact) mass is 249 g/mol. The second-order valence-electron chi connectivity index (χ2n) is 5.47. The van der Waals surface area contributed by atoms with Crippen molar-refractivity contribution in [1.29, 1.82) is 0 Å². The molecule has 1 aromatic rings. The average molecular weight is 249 g/mol. The van der Waals surface area contributed by atoms with E-state index >= 15 is 0 Å². The number of anilines is 1. The van der Waals surface area contributed by atoms with Crippen molar-refractivity contribution in [3.63, 3.8) is 0 Å². The zero-order valence-electron chi connectivity index (χ0n) is 11.0. The minimum absolute atomic E-state index is 0.619. The lowest BCUT2D eigenvalue weighted by Gasteiger charge is -2.34. The van der Waals surface area contributed by atoms with E-state index in [1.54, 1.807) is 0 Å². The van der Waals surface area contributed by atoms with Crippen LogP contribution in [-0.4, -0.2) is 58.3 Å². The van der Waals surface area contributed by atoms with Gasteiger partial charge in [-0.15, -0.1) is 0 Å². The highest BCUT2D eigenvalue weighted by atomic mass is 15.3. The van der Waals surface area contributed by atoms with Gasteiger partial charge in [0.15, 0.2) is 0 Å². The van der Waals surface area contributed by atoms with Crippen molar-refractivity contribution in [3.05, 3.63) is 12.3 Å². The molecule has 0 aromatic carbocycles. The normalized spacial score (nSPS) is 22.4. The van der Waals surface area contributed by atoms with Crippen molar-refractivity contribution in [3.8, 4) is 0 Å². The lowest BCUT2D eigenvalue weighted by molar-refractivity contribution is 0.124. The van der Waals surface area contributed by atoms with Crippen LogP contribution in [0.15, 0.2) is 12.3 Å². The number of nitrogen functional groups attached to an aromatic ring is 1. The first-order valence-corrected chi connectivity index (χ1v) is 7.06. The van der Waals surface area contributed by atoms with Crippen molar-refractivity contribution >= 4 is 5.82 Å². The fourth-order valence-corrected chi connectivity index (χ4v) is 2.75. The Morgan fingerprint density at radius 3 is 2.56 bits per heavy atom. The molecule has 3 rings (SSSR count). The van der Waals surface area contributed by atoms with Crippen molar-refractivity contribution in [2.45, 2.75) is 31.8 Å². The second kappa shape index (κ2) is 5.28. The summed E-state index contributed by atoms with van der Waals surface area (Å²) in [6, 6.07) is 2.79. The molecule has 2 fully saturated rings. The maximum atomic E-state index is 5.59. The van der Waals surface area contributed by atoms with Crippen molar-refractivity contribution < 1.29 is 0 Å². The third kappa shape index (κ3) is 3.03. The van der Waals surface area contributed by atoms with Gasteiger partial charge in [-0.2, -0.15) is 5.10 Å². The number of piperazine rings is 1. The molecular formula is C13H23N5. The van der Waals surface area contributed by atoms with Crippen LogP contribution in [0.4, 0.5) is 5.82 Å². The molecule has 0 radical (unpaired) electrons. The molecule has 18 heavy (non-hydrogen) atoms. The molecular weight excluding hydrogens is 226 g/mol. The van der Waals surface area contributed by atoms with E-state index in [4.69, 9.17) is 5.73 Å². The molecule has 2 heterocycles. The second-order valence-corrected chi connectivity index (χ2v) is 5.47. The van der Waals surface area contributed by atoms with Crippen molar-refractivity contribution in [2.75, 3.05) is 38.5 Å². The number of aromatic nitrogens is 2. The molecule has 0 spiro atoms. The lowest BCUT2D eigenvalue weighted by atomic mass is 10.3. The third-order valence-corrected chi connectivity index (χ3v) is 3.99. The Morgan fingerprint density at radius 2 is 1.94 bits per heavy atom.